The Kier molecular flexibility index (Phi) is 3.71. The van der Waals surface area contributed by atoms with Gasteiger partial charge in [-0.15, -0.1) is 0 Å². The molecule has 0 atom stereocenters. The predicted octanol–water partition coefficient (Wildman–Crippen LogP) is 2.15. The number of ether oxygens (including phenoxy) is 2. The Morgan fingerprint density at radius 1 is 1.64 bits per heavy atom. The molecule has 76 valence electrons. The van der Waals surface area contributed by atoms with Gasteiger partial charge in [-0.2, -0.15) is 0 Å². The van der Waals surface area contributed by atoms with Crippen LogP contribution in [0.3, 0.4) is 0 Å². The summed E-state index contributed by atoms with van der Waals surface area (Å²) in [5.41, 5.74) is 0.481. The molecule has 5 heteroatoms. The van der Waals surface area contributed by atoms with Gasteiger partial charge in [0.1, 0.15) is 5.76 Å². The van der Waals surface area contributed by atoms with Crippen LogP contribution in [0, 0.1) is 0 Å². The van der Waals surface area contributed by atoms with Gasteiger partial charge in [0.2, 0.25) is 5.28 Å². The van der Waals surface area contributed by atoms with Crippen molar-refractivity contribution >= 4 is 17.4 Å². The number of aromatic nitrogens is 2. The molecule has 0 saturated heterocycles. The van der Waals surface area contributed by atoms with Crippen LogP contribution < -0.4 is 4.74 Å². The van der Waals surface area contributed by atoms with E-state index in [1.807, 2.05) is 6.92 Å². The van der Waals surface area contributed by atoms with Gasteiger partial charge in [-0.3, -0.25) is 0 Å². The first-order chi connectivity index (χ1) is 6.69. The lowest BCUT2D eigenvalue weighted by atomic mass is 10.3. The maximum Gasteiger partial charge on any atom is 0.223 e. The van der Waals surface area contributed by atoms with Crippen molar-refractivity contribution in [1.29, 1.82) is 0 Å². The second-order valence-electron chi connectivity index (χ2n) is 2.41. The van der Waals surface area contributed by atoms with E-state index in [4.69, 9.17) is 21.1 Å². The topological polar surface area (TPSA) is 44.2 Å². The lowest BCUT2D eigenvalue weighted by Crippen LogP contribution is -1.99. The van der Waals surface area contributed by atoms with Crippen LogP contribution >= 0.6 is 11.6 Å². The first-order valence-electron chi connectivity index (χ1n) is 4.07. The number of halogens is 1. The van der Waals surface area contributed by atoms with Crippen molar-refractivity contribution in [1.82, 2.24) is 9.97 Å². The van der Waals surface area contributed by atoms with E-state index in [1.165, 1.54) is 13.3 Å². The third-order valence-corrected chi connectivity index (χ3v) is 1.71. The molecule has 0 aliphatic carbocycles. The van der Waals surface area contributed by atoms with Gasteiger partial charge in [0, 0.05) is 0 Å². The summed E-state index contributed by atoms with van der Waals surface area (Å²) in [6.07, 6.45) is 1.48. The molecule has 0 aromatic carbocycles. The van der Waals surface area contributed by atoms with Gasteiger partial charge in [-0.05, 0) is 18.5 Å². The van der Waals surface area contributed by atoms with Crippen LogP contribution in [0.4, 0.5) is 0 Å². The summed E-state index contributed by atoms with van der Waals surface area (Å²) in [6, 6.07) is 0. The zero-order valence-electron chi connectivity index (χ0n) is 8.08. The average molecular weight is 215 g/mol. The molecule has 0 N–H and O–H groups in total. The third-order valence-electron chi connectivity index (χ3n) is 1.53. The van der Waals surface area contributed by atoms with E-state index in [0.29, 0.717) is 23.8 Å². The second kappa shape index (κ2) is 4.81. The summed E-state index contributed by atoms with van der Waals surface area (Å²) in [6.45, 7) is 6.09. The molecule has 0 fully saturated rings. The molecular weight excluding hydrogens is 204 g/mol. The molecule has 0 bridgehead atoms. The molecule has 0 amide bonds. The Bertz CT molecular complexity index is 342. The van der Waals surface area contributed by atoms with Gasteiger partial charge in [0.25, 0.3) is 0 Å². The van der Waals surface area contributed by atoms with Gasteiger partial charge in [-0.1, -0.05) is 6.58 Å². The third kappa shape index (κ3) is 2.35. The van der Waals surface area contributed by atoms with Crippen LogP contribution in [-0.4, -0.2) is 23.7 Å². The molecule has 0 unspecified atom stereocenters. The van der Waals surface area contributed by atoms with E-state index >= 15 is 0 Å². The number of hydrogen-bond acceptors (Lipinski definition) is 4. The quantitative estimate of drug-likeness (QED) is 0.569. The van der Waals surface area contributed by atoms with E-state index in [9.17, 15) is 0 Å². The highest BCUT2D eigenvalue weighted by atomic mass is 35.5. The fourth-order valence-electron chi connectivity index (χ4n) is 0.941. The van der Waals surface area contributed by atoms with Crippen molar-refractivity contribution in [2.45, 2.75) is 6.92 Å². The lowest BCUT2D eigenvalue weighted by molar-refractivity contribution is 0.294. The highest BCUT2D eigenvalue weighted by molar-refractivity contribution is 6.28. The van der Waals surface area contributed by atoms with Crippen LogP contribution in [0.2, 0.25) is 5.28 Å². The Morgan fingerprint density at radius 3 is 2.93 bits per heavy atom. The maximum absolute atomic E-state index is 5.64. The highest BCUT2D eigenvalue weighted by Gasteiger charge is 2.10. The monoisotopic (exact) mass is 214 g/mol. The molecule has 0 spiro atoms. The molecule has 1 rings (SSSR count). The Labute approximate surface area is 87.5 Å². The van der Waals surface area contributed by atoms with Crippen molar-refractivity contribution in [3.05, 3.63) is 23.8 Å². The number of nitrogens with zero attached hydrogens (tertiary/aromatic N) is 2. The van der Waals surface area contributed by atoms with Gasteiger partial charge in [0.15, 0.2) is 11.4 Å². The van der Waals surface area contributed by atoms with Gasteiger partial charge >= 0.3 is 0 Å². The second-order valence-corrected chi connectivity index (χ2v) is 2.75. The molecule has 0 radical (unpaired) electrons. The van der Waals surface area contributed by atoms with Crippen molar-refractivity contribution in [3.8, 4) is 5.75 Å². The van der Waals surface area contributed by atoms with Gasteiger partial charge < -0.3 is 9.47 Å². The summed E-state index contributed by atoms with van der Waals surface area (Å²) < 4.78 is 10.2. The number of rotatable bonds is 4. The summed E-state index contributed by atoms with van der Waals surface area (Å²) in [5.74, 6) is 0.918. The standard InChI is InChI=1S/C9H11ClN2O2/c1-4-14-6(2)8-7(13-3)5-11-9(10)12-8/h5H,2,4H2,1,3H3. The summed E-state index contributed by atoms with van der Waals surface area (Å²) >= 11 is 5.64. The zero-order valence-corrected chi connectivity index (χ0v) is 8.84. The largest absolute Gasteiger partial charge is 0.493 e. The Balaban J connectivity index is 3.03. The van der Waals surface area contributed by atoms with Crippen molar-refractivity contribution in [2.24, 2.45) is 0 Å². The van der Waals surface area contributed by atoms with Crippen LogP contribution in [0.15, 0.2) is 12.8 Å². The maximum atomic E-state index is 5.64. The van der Waals surface area contributed by atoms with Crippen molar-refractivity contribution in [2.75, 3.05) is 13.7 Å². The normalized spacial score (nSPS) is 9.64. The number of methoxy groups -OCH3 is 1. The Morgan fingerprint density at radius 2 is 2.36 bits per heavy atom. The van der Waals surface area contributed by atoms with Crippen molar-refractivity contribution in [3.63, 3.8) is 0 Å². The minimum atomic E-state index is 0.140. The molecule has 1 aromatic rings. The minimum absolute atomic E-state index is 0.140. The van der Waals surface area contributed by atoms with E-state index in [0.717, 1.165) is 0 Å². The van der Waals surface area contributed by atoms with E-state index < -0.39 is 0 Å². The van der Waals surface area contributed by atoms with Crippen LogP contribution in [0.5, 0.6) is 5.75 Å². The summed E-state index contributed by atoms with van der Waals surface area (Å²) in [7, 11) is 1.52. The first-order valence-corrected chi connectivity index (χ1v) is 4.45. The van der Waals surface area contributed by atoms with Crippen LogP contribution in [-0.2, 0) is 4.74 Å². The molecule has 14 heavy (non-hydrogen) atoms. The van der Waals surface area contributed by atoms with E-state index in [2.05, 4.69) is 16.5 Å². The molecule has 0 aliphatic rings. The van der Waals surface area contributed by atoms with Crippen LogP contribution in [0.1, 0.15) is 12.6 Å². The fourth-order valence-corrected chi connectivity index (χ4v) is 1.07. The average Bonchev–Trinajstić information content (AvgIpc) is 2.18. The zero-order chi connectivity index (χ0) is 10.6. The molecule has 0 aliphatic heterocycles. The number of hydrogen-bond donors (Lipinski definition) is 0. The van der Waals surface area contributed by atoms with Gasteiger partial charge in [0.05, 0.1) is 19.9 Å². The highest BCUT2D eigenvalue weighted by Crippen LogP contribution is 2.23. The molecule has 0 saturated carbocycles. The first kappa shape index (κ1) is 10.8. The van der Waals surface area contributed by atoms with Gasteiger partial charge in [-0.25, -0.2) is 9.97 Å². The molecular formula is C9H11ClN2O2. The van der Waals surface area contributed by atoms with E-state index in [-0.39, 0.29) is 5.28 Å². The summed E-state index contributed by atoms with van der Waals surface area (Å²) in [4.78, 5) is 7.75. The fraction of sp³-hybridized carbons (Fsp3) is 0.333. The molecule has 4 nitrogen and oxygen atoms in total. The molecule has 1 heterocycles. The van der Waals surface area contributed by atoms with Crippen LogP contribution in [0.25, 0.3) is 5.76 Å². The van der Waals surface area contributed by atoms with E-state index in [1.54, 1.807) is 0 Å². The van der Waals surface area contributed by atoms with Crippen molar-refractivity contribution < 1.29 is 9.47 Å². The SMILES string of the molecule is C=C(OCC)c1nc(Cl)ncc1OC. The Hall–Kier alpha value is -1.29. The minimum Gasteiger partial charge on any atom is -0.493 e. The smallest absolute Gasteiger partial charge is 0.223 e. The molecule has 1 aromatic heterocycles. The lowest BCUT2D eigenvalue weighted by Gasteiger charge is -2.09. The predicted molar refractivity (Wildman–Crippen MR) is 54.3 cm³/mol. The summed E-state index contributed by atoms with van der Waals surface area (Å²) in [5, 5.41) is 0.140.